The number of ketones is 1. The van der Waals surface area contributed by atoms with Crippen LogP contribution in [0.5, 0.6) is 0 Å². The van der Waals surface area contributed by atoms with Gasteiger partial charge < -0.3 is 0 Å². The number of thiophene rings is 1. The quantitative estimate of drug-likeness (QED) is 0.749. The normalized spacial score (nSPS) is 15.7. The molecule has 0 saturated heterocycles. The zero-order valence-corrected chi connectivity index (χ0v) is 11.8. The molecule has 0 spiro atoms. The fraction of sp³-hybridized carbons (Fsp3) is 0.583. The van der Waals surface area contributed by atoms with Crippen LogP contribution in [-0.2, 0) is 0 Å². The van der Waals surface area contributed by atoms with Gasteiger partial charge in [0.2, 0.25) is 0 Å². The molecule has 1 aliphatic rings. The van der Waals surface area contributed by atoms with Gasteiger partial charge in [-0.3, -0.25) is 9.69 Å². The number of hydrogen-bond donors (Lipinski definition) is 0. The Balaban J connectivity index is 1.94. The van der Waals surface area contributed by atoms with E-state index in [1.807, 2.05) is 12.1 Å². The van der Waals surface area contributed by atoms with Gasteiger partial charge in [-0.1, -0.05) is 6.92 Å². The van der Waals surface area contributed by atoms with E-state index in [1.54, 1.807) is 0 Å². The lowest BCUT2D eigenvalue weighted by Crippen LogP contribution is -2.32. The van der Waals surface area contributed by atoms with Gasteiger partial charge in [-0.25, -0.2) is 0 Å². The highest BCUT2D eigenvalue weighted by Gasteiger charge is 2.29. The van der Waals surface area contributed by atoms with Crippen LogP contribution in [0.15, 0.2) is 15.9 Å². The van der Waals surface area contributed by atoms with Crippen LogP contribution in [0.1, 0.15) is 35.9 Å². The lowest BCUT2D eigenvalue weighted by atomic mass is 10.3. The van der Waals surface area contributed by atoms with Crippen molar-refractivity contribution in [3.8, 4) is 0 Å². The Bertz CT molecular complexity index is 373. The van der Waals surface area contributed by atoms with Crippen molar-refractivity contribution in [2.75, 3.05) is 13.1 Å². The van der Waals surface area contributed by atoms with Gasteiger partial charge in [0, 0.05) is 6.04 Å². The fourth-order valence-corrected chi connectivity index (χ4v) is 3.16. The van der Waals surface area contributed by atoms with Crippen molar-refractivity contribution in [1.82, 2.24) is 4.90 Å². The number of carbonyl (C=O) groups is 1. The first-order chi connectivity index (χ1) is 7.70. The molecule has 0 N–H and O–H groups in total. The van der Waals surface area contributed by atoms with Crippen molar-refractivity contribution in [2.24, 2.45) is 0 Å². The average Bonchev–Trinajstić information content (AvgIpc) is 3.00. The highest BCUT2D eigenvalue weighted by atomic mass is 79.9. The summed E-state index contributed by atoms with van der Waals surface area (Å²) in [6.07, 6.45) is 3.65. The van der Waals surface area contributed by atoms with E-state index >= 15 is 0 Å². The van der Waals surface area contributed by atoms with Crippen LogP contribution in [0.2, 0.25) is 0 Å². The van der Waals surface area contributed by atoms with E-state index in [0.717, 1.165) is 21.6 Å². The second-order valence-electron chi connectivity index (χ2n) is 4.23. The molecule has 2 rings (SSSR count). The summed E-state index contributed by atoms with van der Waals surface area (Å²) in [6.45, 7) is 3.80. The number of halogens is 1. The van der Waals surface area contributed by atoms with Gasteiger partial charge in [0.1, 0.15) is 0 Å². The number of rotatable bonds is 6. The molecule has 0 bridgehead atoms. The summed E-state index contributed by atoms with van der Waals surface area (Å²) < 4.78 is 1.03. The number of hydrogen-bond acceptors (Lipinski definition) is 3. The maximum atomic E-state index is 12.0. The number of nitrogens with zero attached hydrogens (tertiary/aromatic N) is 1. The Morgan fingerprint density at radius 2 is 2.31 bits per heavy atom. The van der Waals surface area contributed by atoms with Gasteiger partial charge in [0.15, 0.2) is 5.78 Å². The van der Waals surface area contributed by atoms with Crippen LogP contribution in [0.3, 0.4) is 0 Å². The number of carbonyl (C=O) groups excluding carboxylic acids is 1. The third kappa shape index (κ3) is 3.15. The summed E-state index contributed by atoms with van der Waals surface area (Å²) >= 11 is 4.92. The van der Waals surface area contributed by atoms with Crippen molar-refractivity contribution >= 4 is 33.0 Å². The van der Waals surface area contributed by atoms with Gasteiger partial charge in [-0.15, -0.1) is 11.3 Å². The minimum Gasteiger partial charge on any atom is -0.293 e. The van der Waals surface area contributed by atoms with Crippen molar-refractivity contribution < 1.29 is 4.79 Å². The largest absolute Gasteiger partial charge is 0.293 e. The molecule has 1 aliphatic carbocycles. The summed E-state index contributed by atoms with van der Waals surface area (Å²) in [6, 6.07) is 4.53. The van der Waals surface area contributed by atoms with Gasteiger partial charge in [-0.05, 0) is 53.9 Å². The van der Waals surface area contributed by atoms with Crippen LogP contribution >= 0.6 is 27.3 Å². The fourth-order valence-electron chi connectivity index (χ4n) is 1.84. The first-order valence-corrected chi connectivity index (χ1v) is 7.34. The topological polar surface area (TPSA) is 20.3 Å². The summed E-state index contributed by atoms with van der Waals surface area (Å²) in [4.78, 5) is 15.2. The molecule has 16 heavy (non-hydrogen) atoms. The zero-order chi connectivity index (χ0) is 11.5. The summed E-state index contributed by atoms with van der Waals surface area (Å²) in [7, 11) is 0. The molecule has 0 aliphatic heterocycles. The number of Topliss-reactive ketones (excluding diaryl/α,β-unsaturated/α-hetero) is 1. The van der Waals surface area contributed by atoms with Gasteiger partial charge in [0.25, 0.3) is 0 Å². The second-order valence-corrected chi connectivity index (χ2v) is 6.69. The van der Waals surface area contributed by atoms with E-state index in [1.165, 1.54) is 24.2 Å². The third-order valence-corrected chi connectivity index (χ3v) is 4.43. The highest BCUT2D eigenvalue weighted by molar-refractivity contribution is 9.11. The molecular weight excluding hydrogens is 286 g/mol. The highest BCUT2D eigenvalue weighted by Crippen LogP contribution is 2.28. The van der Waals surface area contributed by atoms with Crippen LogP contribution in [0.25, 0.3) is 0 Å². The van der Waals surface area contributed by atoms with Crippen molar-refractivity contribution in [1.29, 1.82) is 0 Å². The molecule has 1 fully saturated rings. The Labute approximate surface area is 109 Å². The molecule has 1 heterocycles. The molecule has 1 aromatic rings. The predicted octanol–water partition coefficient (Wildman–Crippen LogP) is 3.57. The maximum absolute atomic E-state index is 12.0. The third-order valence-electron chi connectivity index (χ3n) is 2.77. The molecule has 4 heteroatoms. The average molecular weight is 302 g/mol. The smallest absolute Gasteiger partial charge is 0.186 e. The molecule has 0 atom stereocenters. The Hall–Kier alpha value is -0.190. The minimum atomic E-state index is 0.260. The molecule has 1 aromatic heterocycles. The van der Waals surface area contributed by atoms with E-state index in [9.17, 15) is 4.79 Å². The summed E-state index contributed by atoms with van der Waals surface area (Å²) in [5, 5.41) is 0. The zero-order valence-electron chi connectivity index (χ0n) is 9.41. The van der Waals surface area contributed by atoms with Gasteiger partial charge in [-0.2, -0.15) is 0 Å². The SMILES string of the molecule is CCCN(CC(=O)c1ccc(Br)s1)C1CC1. The first kappa shape index (κ1) is 12.3. The Kier molecular flexibility index (Phi) is 4.16. The van der Waals surface area contributed by atoms with Gasteiger partial charge in [0.05, 0.1) is 15.2 Å². The van der Waals surface area contributed by atoms with E-state index < -0.39 is 0 Å². The molecular formula is C12H16BrNOS. The molecule has 0 radical (unpaired) electrons. The van der Waals surface area contributed by atoms with E-state index in [2.05, 4.69) is 27.8 Å². The second kappa shape index (κ2) is 5.43. The van der Waals surface area contributed by atoms with E-state index in [-0.39, 0.29) is 5.78 Å². The minimum absolute atomic E-state index is 0.260. The van der Waals surface area contributed by atoms with Crippen molar-refractivity contribution in [3.05, 3.63) is 20.8 Å². The Morgan fingerprint density at radius 1 is 1.56 bits per heavy atom. The van der Waals surface area contributed by atoms with E-state index in [4.69, 9.17) is 0 Å². The maximum Gasteiger partial charge on any atom is 0.186 e. The van der Waals surface area contributed by atoms with Crippen LogP contribution in [-0.4, -0.2) is 29.8 Å². The van der Waals surface area contributed by atoms with Crippen LogP contribution in [0, 0.1) is 0 Å². The molecule has 2 nitrogen and oxygen atoms in total. The van der Waals surface area contributed by atoms with Gasteiger partial charge >= 0.3 is 0 Å². The Morgan fingerprint density at radius 3 is 2.81 bits per heavy atom. The lowest BCUT2D eigenvalue weighted by Gasteiger charge is -2.19. The molecule has 0 aromatic carbocycles. The summed E-state index contributed by atoms with van der Waals surface area (Å²) in [5.74, 6) is 0.260. The van der Waals surface area contributed by atoms with E-state index in [0.29, 0.717) is 12.6 Å². The van der Waals surface area contributed by atoms with Crippen molar-refractivity contribution in [2.45, 2.75) is 32.2 Å². The summed E-state index contributed by atoms with van der Waals surface area (Å²) in [5.41, 5.74) is 0. The first-order valence-electron chi connectivity index (χ1n) is 5.73. The predicted molar refractivity (Wildman–Crippen MR) is 71.2 cm³/mol. The molecule has 0 amide bonds. The van der Waals surface area contributed by atoms with Crippen LogP contribution < -0.4 is 0 Å². The molecule has 88 valence electrons. The molecule has 0 unspecified atom stereocenters. The monoisotopic (exact) mass is 301 g/mol. The van der Waals surface area contributed by atoms with Crippen LogP contribution in [0.4, 0.5) is 0 Å². The standard InChI is InChI=1S/C12H16BrNOS/c1-2-7-14(9-3-4-9)8-10(15)11-5-6-12(13)16-11/h5-6,9H,2-4,7-8H2,1H3. The molecule has 1 saturated carbocycles. The van der Waals surface area contributed by atoms with Crippen molar-refractivity contribution in [3.63, 3.8) is 0 Å². The lowest BCUT2D eigenvalue weighted by molar-refractivity contribution is 0.0929.